The maximum Gasteiger partial charge on any atom is 0.0474 e. The minimum Gasteiger partial charge on any atom is -0.269 e. The number of rotatable bonds is 3. The fraction of sp³-hybridized carbons (Fsp3) is 0.368. The van der Waals surface area contributed by atoms with Crippen LogP contribution in [0.25, 0.3) is 0 Å². The summed E-state index contributed by atoms with van der Waals surface area (Å²) in [6.45, 7) is 1.03. The van der Waals surface area contributed by atoms with Gasteiger partial charge in [-0.05, 0) is 54.7 Å². The number of hydrogen-bond donors (Lipinski definition) is 1. The van der Waals surface area contributed by atoms with Gasteiger partial charge in [0.1, 0.15) is 0 Å². The Morgan fingerprint density at radius 1 is 0.875 bits per heavy atom. The van der Waals surface area contributed by atoms with E-state index in [4.69, 9.17) is 40.6 Å². The molecule has 3 rings (SSSR count). The minimum absolute atomic E-state index is 0.500. The monoisotopic (exact) mass is 384 g/mol. The highest BCUT2D eigenvalue weighted by atomic mass is 35.5. The van der Waals surface area contributed by atoms with Crippen molar-refractivity contribution in [2.24, 2.45) is 5.84 Å². The summed E-state index contributed by atoms with van der Waals surface area (Å²) in [7, 11) is 0. The van der Waals surface area contributed by atoms with Crippen molar-refractivity contribution in [1.29, 1.82) is 0 Å². The summed E-state index contributed by atoms with van der Waals surface area (Å²) in [4.78, 5) is 0. The molecule has 2 N–H and O–H groups in total. The Hall–Kier alpha value is -0.770. The van der Waals surface area contributed by atoms with Crippen LogP contribution in [0.4, 0.5) is 0 Å². The largest absolute Gasteiger partial charge is 0.269 e. The van der Waals surface area contributed by atoms with Crippen LogP contribution in [0.15, 0.2) is 48.5 Å². The summed E-state index contributed by atoms with van der Waals surface area (Å²) >= 11 is 17.0. The first-order chi connectivity index (χ1) is 11.6. The quantitative estimate of drug-likeness (QED) is 0.543. The third kappa shape index (κ3) is 6.62. The van der Waals surface area contributed by atoms with E-state index in [2.05, 4.69) is 12.1 Å². The van der Waals surface area contributed by atoms with Gasteiger partial charge in [0.2, 0.25) is 0 Å². The van der Waals surface area contributed by atoms with E-state index >= 15 is 0 Å². The lowest BCUT2D eigenvalue weighted by atomic mass is 9.97. The number of alkyl halides is 1. The molecule has 1 unspecified atom stereocenters. The Morgan fingerprint density at radius 2 is 1.42 bits per heavy atom. The van der Waals surface area contributed by atoms with E-state index in [0.29, 0.717) is 11.9 Å². The van der Waals surface area contributed by atoms with Gasteiger partial charge in [0, 0.05) is 28.5 Å². The second-order valence-corrected chi connectivity index (χ2v) is 7.12. The van der Waals surface area contributed by atoms with Crippen LogP contribution in [0.5, 0.6) is 0 Å². The molecule has 1 saturated heterocycles. The van der Waals surface area contributed by atoms with Gasteiger partial charge in [-0.2, -0.15) is 0 Å². The van der Waals surface area contributed by atoms with Crippen LogP contribution in [0, 0.1) is 0 Å². The number of nitrogens with two attached hydrogens (primary N) is 1. The van der Waals surface area contributed by atoms with Gasteiger partial charge in [0.25, 0.3) is 0 Å². The molecule has 1 fully saturated rings. The van der Waals surface area contributed by atoms with Gasteiger partial charge in [-0.25, -0.2) is 5.01 Å². The van der Waals surface area contributed by atoms with E-state index in [1.807, 2.05) is 41.4 Å². The van der Waals surface area contributed by atoms with Gasteiger partial charge in [-0.1, -0.05) is 53.9 Å². The Kier molecular flexibility index (Phi) is 8.37. The van der Waals surface area contributed by atoms with Crippen molar-refractivity contribution in [1.82, 2.24) is 5.01 Å². The molecule has 0 amide bonds. The minimum atomic E-state index is 0.500. The maximum atomic E-state index is 5.96. The molecule has 2 aromatic rings. The predicted octanol–water partition coefficient (Wildman–Crippen LogP) is 5.69. The first-order valence-electron chi connectivity index (χ1n) is 8.14. The van der Waals surface area contributed by atoms with Gasteiger partial charge in [-0.3, -0.25) is 5.84 Å². The highest BCUT2D eigenvalue weighted by molar-refractivity contribution is 6.30. The summed E-state index contributed by atoms with van der Waals surface area (Å²) < 4.78 is 0. The Bertz CT molecular complexity index is 599. The maximum absolute atomic E-state index is 5.96. The van der Waals surface area contributed by atoms with E-state index in [0.717, 1.165) is 28.6 Å². The van der Waals surface area contributed by atoms with Crippen molar-refractivity contribution in [2.45, 2.75) is 37.6 Å². The number of piperidine rings is 1. The zero-order valence-electron chi connectivity index (χ0n) is 13.6. The predicted molar refractivity (Wildman–Crippen MR) is 105 cm³/mol. The topological polar surface area (TPSA) is 29.3 Å². The molecule has 0 aliphatic carbocycles. The van der Waals surface area contributed by atoms with Crippen molar-refractivity contribution >= 4 is 34.8 Å². The summed E-state index contributed by atoms with van der Waals surface area (Å²) in [5.74, 6) is 6.52. The lowest BCUT2D eigenvalue weighted by Crippen LogP contribution is -2.45. The van der Waals surface area contributed by atoms with Crippen LogP contribution in [0.1, 0.15) is 30.4 Å². The lowest BCUT2D eigenvalue weighted by molar-refractivity contribution is 0.150. The van der Waals surface area contributed by atoms with Crippen molar-refractivity contribution in [2.75, 3.05) is 6.54 Å². The molecule has 0 spiro atoms. The molecule has 2 nitrogen and oxygen atoms in total. The molecule has 2 aromatic carbocycles. The molecular weight excluding hydrogens is 363 g/mol. The third-order valence-corrected chi connectivity index (χ3v) is 4.94. The van der Waals surface area contributed by atoms with Crippen LogP contribution < -0.4 is 5.84 Å². The molecule has 0 radical (unpaired) electrons. The zero-order chi connectivity index (χ0) is 17.4. The summed E-state index contributed by atoms with van der Waals surface area (Å²) in [5, 5.41) is 3.54. The summed E-state index contributed by atoms with van der Waals surface area (Å²) in [5.41, 5.74) is 2.42. The number of nitrogens with zero attached hydrogens (tertiary/aromatic N) is 1. The molecule has 0 aromatic heterocycles. The van der Waals surface area contributed by atoms with Crippen LogP contribution in [0.3, 0.4) is 0 Å². The van der Waals surface area contributed by atoms with Gasteiger partial charge >= 0.3 is 0 Å². The standard InChI is InChI=1S/C12H17ClN2.C7H6Cl2/c13-11-6-4-10(5-7-11)9-12-3-1-2-8-15(12)14;8-5-6-1-3-7(9)4-2-6/h4-7,12H,1-3,8-9,14H2;1-4H,5H2. The third-order valence-electron chi connectivity index (χ3n) is 4.12. The fourth-order valence-electron chi connectivity index (χ4n) is 2.71. The number of benzene rings is 2. The molecular formula is C19H23Cl3N2. The average Bonchev–Trinajstić information content (AvgIpc) is 2.60. The highest BCUT2D eigenvalue weighted by Gasteiger charge is 2.19. The van der Waals surface area contributed by atoms with Gasteiger partial charge in [-0.15, -0.1) is 11.6 Å². The lowest BCUT2D eigenvalue weighted by Gasteiger charge is -2.31. The first-order valence-corrected chi connectivity index (χ1v) is 9.43. The molecule has 24 heavy (non-hydrogen) atoms. The van der Waals surface area contributed by atoms with Gasteiger partial charge in [0.05, 0.1) is 0 Å². The van der Waals surface area contributed by atoms with Crippen LogP contribution in [0.2, 0.25) is 10.0 Å². The van der Waals surface area contributed by atoms with E-state index in [-0.39, 0.29) is 0 Å². The summed E-state index contributed by atoms with van der Waals surface area (Å²) in [6.07, 6.45) is 4.77. The van der Waals surface area contributed by atoms with E-state index < -0.39 is 0 Å². The fourth-order valence-corrected chi connectivity index (χ4v) is 3.14. The van der Waals surface area contributed by atoms with Crippen LogP contribution in [-0.4, -0.2) is 17.6 Å². The van der Waals surface area contributed by atoms with Crippen LogP contribution in [-0.2, 0) is 12.3 Å². The smallest absolute Gasteiger partial charge is 0.0474 e. The molecule has 1 aliphatic heterocycles. The molecule has 1 atom stereocenters. The molecule has 5 heteroatoms. The molecule has 0 saturated carbocycles. The first kappa shape index (κ1) is 19.6. The normalized spacial score (nSPS) is 17.9. The van der Waals surface area contributed by atoms with Gasteiger partial charge < -0.3 is 0 Å². The Morgan fingerprint density at radius 3 is 1.92 bits per heavy atom. The second-order valence-electron chi connectivity index (χ2n) is 5.98. The second kappa shape index (κ2) is 10.3. The van der Waals surface area contributed by atoms with Crippen molar-refractivity contribution in [3.63, 3.8) is 0 Å². The Labute approximate surface area is 159 Å². The highest BCUT2D eigenvalue weighted by Crippen LogP contribution is 2.19. The van der Waals surface area contributed by atoms with Crippen LogP contribution >= 0.6 is 34.8 Å². The summed E-state index contributed by atoms with van der Waals surface area (Å²) in [6, 6.07) is 16.1. The van der Waals surface area contributed by atoms with Gasteiger partial charge in [0.15, 0.2) is 0 Å². The van der Waals surface area contributed by atoms with E-state index in [9.17, 15) is 0 Å². The number of hydrazine groups is 1. The zero-order valence-corrected chi connectivity index (χ0v) is 15.9. The van der Waals surface area contributed by atoms with Crippen molar-refractivity contribution < 1.29 is 0 Å². The van der Waals surface area contributed by atoms with E-state index in [1.54, 1.807) is 0 Å². The van der Waals surface area contributed by atoms with E-state index in [1.165, 1.54) is 24.8 Å². The molecule has 1 heterocycles. The molecule has 1 aliphatic rings. The Balaban J connectivity index is 0.000000198. The molecule has 130 valence electrons. The number of hydrogen-bond acceptors (Lipinski definition) is 2. The van der Waals surface area contributed by atoms with Crippen molar-refractivity contribution in [3.8, 4) is 0 Å². The van der Waals surface area contributed by atoms with Crippen molar-refractivity contribution in [3.05, 3.63) is 69.7 Å². The SMILES string of the molecule is ClCc1ccc(Cl)cc1.NN1CCCCC1Cc1ccc(Cl)cc1. The molecule has 0 bridgehead atoms. The number of halogens is 3. The average molecular weight is 386 g/mol.